The lowest BCUT2D eigenvalue weighted by atomic mass is 9.84. The van der Waals surface area contributed by atoms with Crippen LogP contribution >= 0.6 is 0 Å². The zero-order chi connectivity index (χ0) is 21.5. The van der Waals surface area contributed by atoms with Crippen LogP contribution in [0, 0.1) is 5.92 Å². The second-order valence-electron chi connectivity index (χ2n) is 6.79. The molecule has 3 amide bonds. The molecule has 0 unspecified atom stereocenters. The molecule has 0 spiro atoms. The molecule has 9 heteroatoms. The zero-order valence-corrected chi connectivity index (χ0v) is 16.8. The molecular formula is C21H24N4O5. The number of rotatable bonds is 8. The average molecular weight is 412 g/mol. The Bertz CT molecular complexity index is 916. The van der Waals surface area contributed by atoms with Gasteiger partial charge >= 0.3 is 6.09 Å². The summed E-state index contributed by atoms with van der Waals surface area (Å²) >= 11 is 0. The minimum absolute atomic E-state index is 0.103. The molecule has 1 aromatic heterocycles. The number of hydrogen-bond donors (Lipinski definition) is 3. The van der Waals surface area contributed by atoms with Crippen LogP contribution < -0.4 is 20.7 Å². The molecule has 0 radical (unpaired) electrons. The summed E-state index contributed by atoms with van der Waals surface area (Å²) in [6, 6.07) is 10.0. The lowest BCUT2D eigenvalue weighted by Crippen LogP contribution is -2.65. The molecule has 1 saturated heterocycles. The van der Waals surface area contributed by atoms with Crippen molar-refractivity contribution < 1.29 is 23.9 Å². The number of likely N-dealkylation sites (N-methyl/N-ethyl adjacent to an activating group) is 1. The first-order valence-corrected chi connectivity index (χ1v) is 9.60. The topological polar surface area (TPSA) is 119 Å². The van der Waals surface area contributed by atoms with E-state index >= 15 is 0 Å². The average Bonchev–Trinajstić information content (AvgIpc) is 2.75. The number of methoxy groups -OCH3 is 1. The van der Waals surface area contributed by atoms with Crippen LogP contribution in [-0.2, 0) is 27.4 Å². The molecule has 2 atom stereocenters. The van der Waals surface area contributed by atoms with Crippen LogP contribution in [0.15, 0.2) is 42.6 Å². The van der Waals surface area contributed by atoms with Gasteiger partial charge in [-0.2, -0.15) is 0 Å². The lowest BCUT2D eigenvalue weighted by molar-refractivity contribution is -0.143. The van der Waals surface area contributed by atoms with Crippen LogP contribution in [0.1, 0.15) is 18.1 Å². The number of ether oxygens (including phenoxy) is 2. The Morgan fingerprint density at radius 2 is 1.93 bits per heavy atom. The van der Waals surface area contributed by atoms with Gasteiger partial charge in [-0.15, -0.1) is 0 Å². The molecular weight excluding hydrogens is 388 g/mol. The van der Waals surface area contributed by atoms with E-state index in [1.54, 1.807) is 43.5 Å². The van der Waals surface area contributed by atoms with Crippen molar-refractivity contribution in [3.05, 3.63) is 53.7 Å². The summed E-state index contributed by atoms with van der Waals surface area (Å²) in [5.41, 5.74) is 1.60. The summed E-state index contributed by atoms with van der Waals surface area (Å²) in [6.07, 6.45) is 1.26. The van der Waals surface area contributed by atoms with Gasteiger partial charge < -0.3 is 20.1 Å². The number of hydrogen-bond acceptors (Lipinski definition) is 6. The van der Waals surface area contributed by atoms with Crippen molar-refractivity contribution in [3.63, 3.8) is 0 Å². The molecule has 1 aromatic carbocycles. The first kappa shape index (κ1) is 21.1. The summed E-state index contributed by atoms with van der Waals surface area (Å²) in [6.45, 7) is 2.42. The van der Waals surface area contributed by atoms with E-state index in [-0.39, 0.29) is 18.4 Å². The Hall–Kier alpha value is -3.62. The fourth-order valence-electron chi connectivity index (χ4n) is 3.09. The number of anilines is 1. The maximum absolute atomic E-state index is 12.1. The Kier molecular flexibility index (Phi) is 6.84. The Labute approximate surface area is 174 Å². The van der Waals surface area contributed by atoms with E-state index in [0.29, 0.717) is 18.8 Å². The third-order valence-electron chi connectivity index (χ3n) is 4.71. The standard InChI is InChI=1S/C21H24N4O5/c1-3-22-20(27)18-16(19(26)25-18)10-14-8-9-23-17(11-14)24-21(28)30-12-13-4-6-15(29-2)7-5-13/h4-9,11,16,18H,3,10,12H2,1-2H3,(H,22,27)(H,25,26)(H,23,24,28)/t16-,18+/m1/s1. The number of aromatic nitrogens is 1. The minimum atomic E-state index is -0.642. The number of amides is 3. The fraction of sp³-hybridized carbons (Fsp3) is 0.333. The molecule has 0 aliphatic carbocycles. The van der Waals surface area contributed by atoms with Crippen molar-refractivity contribution in [2.45, 2.75) is 26.0 Å². The highest BCUT2D eigenvalue weighted by atomic mass is 16.5. The summed E-state index contributed by atoms with van der Waals surface area (Å²) in [7, 11) is 1.58. The van der Waals surface area contributed by atoms with Gasteiger partial charge in [0.2, 0.25) is 11.8 Å². The summed E-state index contributed by atoms with van der Waals surface area (Å²) in [5, 5.41) is 7.90. The van der Waals surface area contributed by atoms with Gasteiger partial charge in [-0.05, 0) is 48.7 Å². The van der Waals surface area contributed by atoms with Crippen LogP contribution in [0.25, 0.3) is 0 Å². The number of pyridine rings is 1. The zero-order valence-electron chi connectivity index (χ0n) is 16.8. The van der Waals surface area contributed by atoms with E-state index in [2.05, 4.69) is 20.9 Å². The minimum Gasteiger partial charge on any atom is -0.497 e. The normalized spacial score (nSPS) is 17.3. The maximum Gasteiger partial charge on any atom is 0.413 e. The smallest absolute Gasteiger partial charge is 0.413 e. The molecule has 1 aliphatic heterocycles. The van der Waals surface area contributed by atoms with Crippen LogP contribution in [0.5, 0.6) is 5.75 Å². The summed E-state index contributed by atoms with van der Waals surface area (Å²) in [4.78, 5) is 40.0. The van der Waals surface area contributed by atoms with Gasteiger partial charge in [0, 0.05) is 12.7 Å². The van der Waals surface area contributed by atoms with Gasteiger partial charge in [-0.3, -0.25) is 14.9 Å². The molecule has 30 heavy (non-hydrogen) atoms. The van der Waals surface area contributed by atoms with Crippen molar-refractivity contribution >= 4 is 23.7 Å². The first-order valence-electron chi connectivity index (χ1n) is 9.60. The number of benzene rings is 1. The van der Waals surface area contributed by atoms with Crippen LogP contribution in [0.2, 0.25) is 0 Å². The lowest BCUT2D eigenvalue weighted by Gasteiger charge is -2.35. The van der Waals surface area contributed by atoms with E-state index in [0.717, 1.165) is 16.9 Å². The quantitative estimate of drug-likeness (QED) is 0.567. The highest BCUT2D eigenvalue weighted by molar-refractivity contribution is 5.99. The molecule has 1 fully saturated rings. The second-order valence-corrected chi connectivity index (χ2v) is 6.79. The molecule has 2 aromatic rings. The molecule has 3 rings (SSSR count). The highest BCUT2D eigenvalue weighted by Gasteiger charge is 2.43. The number of nitrogens with one attached hydrogen (secondary N) is 3. The number of carbonyl (C=O) groups excluding carboxylic acids is 3. The van der Waals surface area contributed by atoms with Crippen molar-refractivity contribution in [2.24, 2.45) is 5.92 Å². The van der Waals surface area contributed by atoms with Crippen molar-refractivity contribution in [2.75, 3.05) is 19.0 Å². The van der Waals surface area contributed by atoms with E-state index in [4.69, 9.17) is 9.47 Å². The Morgan fingerprint density at radius 1 is 1.17 bits per heavy atom. The highest BCUT2D eigenvalue weighted by Crippen LogP contribution is 2.22. The van der Waals surface area contributed by atoms with Crippen molar-refractivity contribution in [1.82, 2.24) is 15.6 Å². The predicted molar refractivity (Wildman–Crippen MR) is 109 cm³/mol. The fourth-order valence-corrected chi connectivity index (χ4v) is 3.09. The largest absolute Gasteiger partial charge is 0.497 e. The van der Waals surface area contributed by atoms with Gasteiger partial charge in [-0.25, -0.2) is 9.78 Å². The van der Waals surface area contributed by atoms with Crippen LogP contribution in [0.4, 0.5) is 10.6 Å². The summed E-state index contributed by atoms with van der Waals surface area (Å²) < 4.78 is 10.3. The number of β-lactam (4-membered cyclic amide) rings is 1. The van der Waals surface area contributed by atoms with E-state index in [1.165, 1.54) is 6.20 Å². The Morgan fingerprint density at radius 3 is 2.60 bits per heavy atom. The third kappa shape index (κ3) is 5.25. The maximum atomic E-state index is 12.1. The van der Waals surface area contributed by atoms with Crippen molar-refractivity contribution in [3.8, 4) is 5.75 Å². The first-order chi connectivity index (χ1) is 14.5. The molecule has 9 nitrogen and oxygen atoms in total. The number of nitrogens with zero attached hydrogens (tertiary/aromatic N) is 1. The molecule has 1 aliphatic rings. The van der Waals surface area contributed by atoms with Gasteiger partial charge in [0.05, 0.1) is 13.0 Å². The monoisotopic (exact) mass is 412 g/mol. The van der Waals surface area contributed by atoms with Gasteiger partial charge in [0.15, 0.2) is 0 Å². The van der Waals surface area contributed by atoms with E-state index in [9.17, 15) is 14.4 Å². The SMILES string of the molecule is CCNC(=O)[C@H]1NC(=O)[C@@H]1Cc1ccnc(NC(=O)OCc2ccc(OC)cc2)c1. The van der Waals surface area contributed by atoms with E-state index < -0.39 is 18.1 Å². The van der Waals surface area contributed by atoms with E-state index in [1.807, 2.05) is 6.92 Å². The molecule has 0 saturated carbocycles. The Balaban J connectivity index is 1.53. The van der Waals surface area contributed by atoms with Gasteiger partial charge in [-0.1, -0.05) is 12.1 Å². The molecule has 0 bridgehead atoms. The molecule has 3 N–H and O–H groups in total. The molecule has 158 valence electrons. The third-order valence-corrected chi connectivity index (χ3v) is 4.71. The molecule has 2 heterocycles. The van der Waals surface area contributed by atoms with Crippen LogP contribution in [-0.4, -0.2) is 42.6 Å². The van der Waals surface area contributed by atoms with Crippen LogP contribution in [0.3, 0.4) is 0 Å². The summed E-state index contributed by atoms with van der Waals surface area (Å²) in [5.74, 6) is 0.210. The predicted octanol–water partition coefficient (Wildman–Crippen LogP) is 1.63. The van der Waals surface area contributed by atoms with Gasteiger partial charge in [0.25, 0.3) is 0 Å². The van der Waals surface area contributed by atoms with Gasteiger partial charge in [0.1, 0.15) is 24.2 Å². The number of carbonyl (C=O) groups is 3. The van der Waals surface area contributed by atoms with Crippen molar-refractivity contribution in [1.29, 1.82) is 0 Å². The second kappa shape index (κ2) is 9.73.